The van der Waals surface area contributed by atoms with Crippen LogP contribution in [0.25, 0.3) is 0 Å². The van der Waals surface area contributed by atoms with Gasteiger partial charge < -0.3 is 5.32 Å². The SMILES string of the molecule is Cc1ccc(CC(NC=O)c2ccc(C)cc2)cc1. The smallest absolute Gasteiger partial charge is 0.207 e. The molecule has 2 nitrogen and oxygen atoms in total. The van der Waals surface area contributed by atoms with Crippen LogP contribution in [0, 0.1) is 13.8 Å². The van der Waals surface area contributed by atoms with Crippen LogP contribution in [-0.2, 0) is 11.2 Å². The van der Waals surface area contributed by atoms with Crippen LogP contribution < -0.4 is 5.32 Å². The van der Waals surface area contributed by atoms with Crippen molar-refractivity contribution in [1.82, 2.24) is 5.32 Å². The summed E-state index contributed by atoms with van der Waals surface area (Å²) < 4.78 is 0. The number of hydrogen-bond acceptors (Lipinski definition) is 1. The molecule has 2 aromatic rings. The molecule has 0 spiro atoms. The van der Waals surface area contributed by atoms with Crippen LogP contribution in [0.5, 0.6) is 0 Å². The Morgan fingerprint density at radius 3 is 2.00 bits per heavy atom. The number of nitrogens with one attached hydrogen (secondary N) is 1. The lowest BCUT2D eigenvalue weighted by atomic mass is 9.98. The standard InChI is InChI=1S/C17H19NO/c1-13-3-7-15(8-4-13)11-17(18-12-19)16-9-5-14(2)6-10-16/h3-10,12,17H,11H2,1-2H3,(H,18,19). The molecule has 98 valence electrons. The number of amides is 1. The van der Waals surface area contributed by atoms with Crippen molar-refractivity contribution in [2.45, 2.75) is 26.3 Å². The van der Waals surface area contributed by atoms with Gasteiger partial charge in [-0.3, -0.25) is 4.79 Å². The first kappa shape index (κ1) is 13.3. The van der Waals surface area contributed by atoms with Gasteiger partial charge in [0, 0.05) is 0 Å². The fourth-order valence-corrected chi connectivity index (χ4v) is 2.11. The molecular formula is C17H19NO. The summed E-state index contributed by atoms with van der Waals surface area (Å²) in [5.74, 6) is 0. The van der Waals surface area contributed by atoms with E-state index in [9.17, 15) is 4.79 Å². The van der Waals surface area contributed by atoms with Gasteiger partial charge in [-0.25, -0.2) is 0 Å². The summed E-state index contributed by atoms with van der Waals surface area (Å²) in [6, 6.07) is 16.8. The molecule has 2 heteroatoms. The summed E-state index contributed by atoms with van der Waals surface area (Å²) in [5, 5.41) is 2.90. The number of hydrogen-bond donors (Lipinski definition) is 1. The molecule has 0 radical (unpaired) electrons. The van der Waals surface area contributed by atoms with Crippen molar-refractivity contribution >= 4 is 6.41 Å². The number of aryl methyl sites for hydroxylation is 2. The fourth-order valence-electron chi connectivity index (χ4n) is 2.11. The summed E-state index contributed by atoms with van der Waals surface area (Å²) in [6.45, 7) is 4.14. The second-order valence-electron chi connectivity index (χ2n) is 4.94. The van der Waals surface area contributed by atoms with Crippen LogP contribution in [0.1, 0.15) is 28.3 Å². The largest absolute Gasteiger partial charge is 0.352 e. The summed E-state index contributed by atoms with van der Waals surface area (Å²) in [6.07, 6.45) is 1.58. The predicted molar refractivity (Wildman–Crippen MR) is 78.0 cm³/mol. The van der Waals surface area contributed by atoms with Crippen molar-refractivity contribution in [3.8, 4) is 0 Å². The van der Waals surface area contributed by atoms with Crippen LogP contribution in [-0.4, -0.2) is 6.41 Å². The number of benzene rings is 2. The van der Waals surface area contributed by atoms with Gasteiger partial charge in [-0.15, -0.1) is 0 Å². The zero-order valence-corrected chi connectivity index (χ0v) is 11.4. The number of carbonyl (C=O) groups excluding carboxylic acids is 1. The lowest BCUT2D eigenvalue weighted by Gasteiger charge is -2.17. The van der Waals surface area contributed by atoms with Gasteiger partial charge in [0.05, 0.1) is 6.04 Å². The van der Waals surface area contributed by atoms with Gasteiger partial charge in [-0.1, -0.05) is 59.7 Å². The van der Waals surface area contributed by atoms with Crippen molar-refractivity contribution < 1.29 is 4.79 Å². The zero-order chi connectivity index (χ0) is 13.7. The minimum atomic E-state index is 0.0285. The average Bonchev–Trinajstić information content (AvgIpc) is 2.42. The van der Waals surface area contributed by atoms with E-state index in [4.69, 9.17) is 0 Å². The van der Waals surface area contributed by atoms with E-state index in [0.29, 0.717) is 0 Å². The van der Waals surface area contributed by atoms with Crippen molar-refractivity contribution in [1.29, 1.82) is 0 Å². The molecule has 2 rings (SSSR count). The van der Waals surface area contributed by atoms with Crippen molar-refractivity contribution in [3.63, 3.8) is 0 Å². The molecule has 0 aliphatic rings. The molecule has 1 amide bonds. The zero-order valence-electron chi connectivity index (χ0n) is 11.4. The maximum absolute atomic E-state index is 10.8. The van der Waals surface area contributed by atoms with Crippen molar-refractivity contribution in [3.05, 3.63) is 70.8 Å². The highest BCUT2D eigenvalue weighted by Gasteiger charge is 2.10. The first-order valence-corrected chi connectivity index (χ1v) is 6.51. The van der Waals surface area contributed by atoms with E-state index in [2.05, 4.69) is 67.7 Å². The second-order valence-corrected chi connectivity index (χ2v) is 4.94. The molecule has 0 bridgehead atoms. The lowest BCUT2D eigenvalue weighted by molar-refractivity contribution is -0.110. The monoisotopic (exact) mass is 253 g/mol. The summed E-state index contributed by atoms with van der Waals surface area (Å²) in [7, 11) is 0. The Bertz CT molecular complexity index is 528. The molecule has 1 N–H and O–H groups in total. The second kappa shape index (κ2) is 6.19. The Kier molecular flexibility index (Phi) is 4.35. The van der Waals surface area contributed by atoms with Crippen molar-refractivity contribution in [2.75, 3.05) is 0 Å². The Labute approximate surface area is 114 Å². The van der Waals surface area contributed by atoms with E-state index in [1.54, 1.807) is 0 Å². The highest BCUT2D eigenvalue weighted by atomic mass is 16.1. The van der Waals surface area contributed by atoms with Crippen LogP contribution in [0.3, 0.4) is 0 Å². The quantitative estimate of drug-likeness (QED) is 0.814. The highest BCUT2D eigenvalue weighted by molar-refractivity contribution is 5.48. The minimum absolute atomic E-state index is 0.0285. The van der Waals surface area contributed by atoms with E-state index in [1.165, 1.54) is 16.7 Å². The number of rotatable bonds is 5. The molecule has 0 heterocycles. The summed E-state index contributed by atoms with van der Waals surface area (Å²) >= 11 is 0. The van der Waals surface area contributed by atoms with Crippen LogP contribution in [0.15, 0.2) is 48.5 Å². The number of carbonyl (C=O) groups is 1. The molecule has 1 atom stereocenters. The molecule has 0 fully saturated rings. The molecule has 1 unspecified atom stereocenters. The van der Waals surface area contributed by atoms with Crippen LogP contribution in [0.4, 0.5) is 0 Å². The van der Waals surface area contributed by atoms with Gasteiger partial charge in [-0.05, 0) is 31.4 Å². The van der Waals surface area contributed by atoms with Crippen LogP contribution in [0.2, 0.25) is 0 Å². The van der Waals surface area contributed by atoms with Crippen molar-refractivity contribution in [2.24, 2.45) is 0 Å². The molecule has 19 heavy (non-hydrogen) atoms. The Hall–Kier alpha value is -2.09. The fraction of sp³-hybridized carbons (Fsp3) is 0.235. The normalized spacial score (nSPS) is 11.9. The third-order valence-corrected chi connectivity index (χ3v) is 3.31. The molecule has 0 aliphatic carbocycles. The van der Waals surface area contributed by atoms with Crippen LogP contribution >= 0.6 is 0 Å². The third kappa shape index (κ3) is 3.68. The molecule has 0 aliphatic heterocycles. The predicted octanol–water partition coefficient (Wildman–Crippen LogP) is 3.33. The molecule has 0 aromatic heterocycles. The Balaban J connectivity index is 2.18. The molecule has 0 saturated carbocycles. The van der Waals surface area contributed by atoms with E-state index in [0.717, 1.165) is 18.4 Å². The Morgan fingerprint density at radius 2 is 1.47 bits per heavy atom. The van der Waals surface area contributed by atoms with E-state index in [-0.39, 0.29) is 6.04 Å². The molecule has 0 saturated heterocycles. The maximum atomic E-state index is 10.8. The summed E-state index contributed by atoms with van der Waals surface area (Å²) in [4.78, 5) is 10.8. The first-order chi connectivity index (χ1) is 9.19. The Morgan fingerprint density at radius 1 is 0.947 bits per heavy atom. The maximum Gasteiger partial charge on any atom is 0.207 e. The van der Waals surface area contributed by atoms with Gasteiger partial charge >= 0.3 is 0 Å². The van der Waals surface area contributed by atoms with Gasteiger partial charge in [0.2, 0.25) is 6.41 Å². The topological polar surface area (TPSA) is 29.1 Å². The van der Waals surface area contributed by atoms with Gasteiger partial charge in [-0.2, -0.15) is 0 Å². The van der Waals surface area contributed by atoms with E-state index >= 15 is 0 Å². The van der Waals surface area contributed by atoms with E-state index < -0.39 is 0 Å². The van der Waals surface area contributed by atoms with Gasteiger partial charge in [0.25, 0.3) is 0 Å². The summed E-state index contributed by atoms with van der Waals surface area (Å²) in [5.41, 5.74) is 4.84. The molecule has 2 aromatic carbocycles. The average molecular weight is 253 g/mol. The third-order valence-electron chi connectivity index (χ3n) is 3.31. The van der Waals surface area contributed by atoms with Gasteiger partial charge in [0.1, 0.15) is 0 Å². The van der Waals surface area contributed by atoms with Gasteiger partial charge in [0.15, 0.2) is 0 Å². The highest BCUT2D eigenvalue weighted by Crippen LogP contribution is 2.19. The molecular weight excluding hydrogens is 234 g/mol. The minimum Gasteiger partial charge on any atom is -0.352 e. The first-order valence-electron chi connectivity index (χ1n) is 6.51. The lowest BCUT2D eigenvalue weighted by Crippen LogP contribution is -2.21. The van der Waals surface area contributed by atoms with E-state index in [1.807, 2.05) is 0 Å².